The number of nitrogens with one attached hydrogen (secondary N) is 1. The summed E-state index contributed by atoms with van der Waals surface area (Å²) in [5.41, 5.74) is 1.51. The molecule has 0 aliphatic heterocycles. The van der Waals surface area contributed by atoms with Crippen LogP contribution in [0.25, 0.3) is 16.2 Å². The highest BCUT2D eigenvalue weighted by Crippen LogP contribution is 2.35. The predicted octanol–water partition coefficient (Wildman–Crippen LogP) is 6.11. The third-order valence-corrected chi connectivity index (χ3v) is 5.70. The van der Waals surface area contributed by atoms with Crippen LogP contribution < -0.4 is 5.32 Å². The average Bonchev–Trinajstić information content (AvgIpc) is 2.96. The molecule has 2 unspecified atom stereocenters. The third-order valence-electron chi connectivity index (χ3n) is 4.05. The number of hydrogen-bond acceptors (Lipinski definition) is 3. The van der Waals surface area contributed by atoms with Crippen LogP contribution in [0.3, 0.4) is 0 Å². The fraction of sp³-hybridized carbons (Fsp3) is 0.150. The van der Waals surface area contributed by atoms with Gasteiger partial charge in [0, 0.05) is 26.0 Å². The van der Waals surface area contributed by atoms with Crippen LogP contribution in [0.15, 0.2) is 48.0 Å². The van der Waals surface area contributed by atoms with E-state index in [0.717, 1.165) is 21.2 Å². The summed E-state index contributed by atoms with van der Waals surface area (Å²) in [5, 5.41) is 17.3. The number of hydrogen-bond donors (Lipinski definition) is 2. The predicted molar refractivity (Wildman–Crippen MR) is 115 cm³/mol. The van der Waals surface area contributed by atoms with Crippen molar-refractivity contribution in [3.05, 3.63) is 74.2 Å². The van der Waals surface area contributed by atoms with E-state index in [1.54, 1.807) is 37.3 Å². The Morgan fingerprint density at radius 1 is 1.11 bits per heavy atom. The van der Waals surface area contributed by atoms with Gasteiger partial charge < -0.3 is 10.4 Å². The molecule has 1 aromatic heterocycles. The smallest absolute Gasteiger partial charge is 0.234 e. The molecule has 1 heterocycles. The molecule has 0 fully saturated rings. The maximum Gasteiger partial charge on any atom is 0.234 e. The van der Waals surface area contributed by atoms with E-state index in [0.29, 0.717) is 15.1 Å². The molecule has 0 bridgehead atoms. The van der Waals surface area contributed by atoms with Crippen LogP contribution in [0.2, 0.25) is 15.1 Å². The minimum absolute atomic E-state index is 0.311. The Labute approximate surface area is 176 Å². The number of fused-ring (bicyclic) bond motifs is 1. The first-order chi connectivity index (χ1) is 12.8. The summed E-state index contributed by atoms with van der Waals surface area (Å²) in [6.07, 6.45) is 2.34. The lowest BCUT2D eigenvalue weighted by atomic mass is 9.93. The molecule has 3 rings (SSSR count). The molecule has 0 radical (unpaired) electrons. The van der Waals surface area contributed by atoms with Crippen LogP contribution in [0.4, 0.5) is 0 Å². The van der Waals surface area contributed by atoms with E-state index in [9.17, 15) is 9.90 Å². The van der Waals surface area contributed by atoms with E-state index in [1.807, 2.05) is 17.5 Å². The van der Waals surface area contributed by atoms with Gasteiger partial charge in [0.15, 0.2) is 0 Å². The third kappa shape index (κ3) is 4.84. The minimum Gasteiger partial charge on any atom is -0.392 e. The molecule has 2 N–H and O–H groups in total. The normalized spacial score (nSPS) is 13.8. The van der Waals surface area contributed by atoms with E-state index in [2.05, 4.69) is 5.32 Å². The van der Waals surface area contributed by atoms with Gasteiger partial charge in [-0.3, -0.25) is 4.79 Å². The van der Waals surface area contributed by atoms with Crippen LogP contribution in [-0.4, -0.2) is 17.1 Å². The quantitative estimate of drug-likeness (QED) is 0.502. The number of benzene rings is 2. The standard InChI is InChI=1S/C20H16Cl3NO2S/c1-11(25)19(17-10-27-18-3-2-13(21)9-16(17)18)20(26)24-5-4-12-6-14(22)8-15(23)7-12/h2-11,19,25H,1H3,(H,24,26). The van der Waals surface area contributed by atoms with E-state index in [4.69, 9.17) is 34.8 Å². The fourth-order valence-electron chi connectivity index (χ4n) is 2.86. The number of halogens is 3. The molecular formula is C20H16Cl3NO2S. The first kappa shape index (κ1) is 20.2. The van der Waals surface area contributed by atoms with Gasteiger partial charge in [0.05, 0.1) is 12.0 Å². The number of aliphatic hydroxyl groups is 1. The van der Waals surface area contributed by atoms with Crippen LogP contribution >= 0.6 is 46.1 Å². The summed E-state index contributed by atoms with van der Waals surface area (Å²) >= 11 is 19.6. The summed E-state index contributed by atoms with van der Waals surface area (Å²) in [5.74, 6) is -1.03. The van der Waals surface area contributed by atoms with Crippen LogP contribution in [0.5, 0.6) is 0 Å². The van der Waals surface area contributed by atoms with Crippen molar-refractivity contribution in [2.24, 2.45) is 0 Å². The number of rotatable bonds is 5. The van der Waals surface area contributed by atoms with Crippen LogP contribution in [0, 0.1) is 0 Å². The molecule has 0 saturated heterocycles. The van der Waals surface area contributed by atoms with Crippen molar-refractivity contribution < 1.29 is 9.90 Å². The van der Waals surface area contributed by atoms with E-state index in [-0.39, 0.29) is 5.91 Å². The Morgan fingerprint density at radius 3 is 2.48 bits per heavy atom. The summed E-state index contributed by atoms with van der Waals surface area (Å²) in [6, 6.07) is 10.6. The Kier molecular flexibility index (Phi) is 6.45. The highest BCUT2D eigenvalue weighted by Gasteiger charge is 2.27. The van der Waals surface area contributed by atoms with Crippen LogP contribution in [-0.2, 0) is 4.79 Å². The molecule has 0 aliphatic rings. The summed E-state index contributed by atoms with van der Waals surface area (Å²) in [4.78, 5) is 12.7. The number of carbonyl (C=O) groups excluding carboxylic acids is 1. The minimum atomic E-state index is -0.865. The molecule has 27 heavy (non-hydrogen) atoms. The molecule has 0 aliphatic carbocycles. The molecule has 3 aromatic rings. The van der Waals surface area contributed by atoms with E-state index >= 15 is 0 Å². The topological polar surface area (TPSA) is 49.3 Å². The van der Waals surface area contributed by atoms with Gasteiger partial charge in [-0.25, -0.2) is 0 Å². The molecule has 0 spiro atoms. The second kappa shape index (κ2) is 8.63. The zero-order chi connectivity index (χ0) is 19.6. The second-order valence-corrected chi connectivity index (χ2v) is 8.32. The maximum atomic E-state index is 12.7. The zero-order valence-corrected chi connectivity index (χ0v) is 17.3. The van der Waals surface area contributed by atoms with Crippen molar-refractivity contribution in [3.8, 4) is 0 Å². The first-order valence-electron chi connectivity index (χ1n) is 8.13. The summed E-state index contributed by atoms with van der Waals surface area (Å²) in [7, 11) is 0. The van der Waals surface area contributed by atoms with E-state index in [1.165, 1.54) is 17.5 Å². The highest BCUT2D eigenvalue weighted by molar-refractivity contribution is 7.17. The van der Waals surface area contributed by atoms with E-state index < -0.39 is 12.0 Å². The first-order valence-corrected chi connectivity index (χ1v) is 10.1. The molecule has 7 heteroatoms. The number of carbonyl (C=O) groups is 1. The Hall–Kier alpha value is -1.56. The van der Waals surface area contributed by atoms with Gasteiger partial charge in [0.1, 0.15) is 0 Å². The lowest BCUT2D eigenvalue weighted by molar-refractivity contribution is -0.123. The van der Waals surface area contributed by atoms with Crippen molar-refractivity contribution in [1.82, 2.24) is 5.32 Å². The lowest BCUT2D eigenvalue weighted by Crippen LogP contribution is -2.31. The van der Waals surface area contributed by atoms with Crippen molar-refractivity contribution in [2.75, 3.05) is 0 Å². The van der Waals surface area contributed by atoms with Gasteiger partial charge in [-0.05, 0) is 71.3 Å². The van der Waals surface area contributed by atoms with Gasteiger partial charge in [0.2, 0.25) is 5.91 Å². The number of thiophene rings is 1. The SMILES string of the molecule is CC(O)C(C(=O)NC=Cc1cc(Cl)cc(Cl)c1)c1csc2ccc(Cl)cc12. The molecule has 140 valence electrons. The number of aliphatic hydroxyl groups excluding tert-OH is 1. The molecule has 2 atom stereocenters. The summed E-state index contributed by atoms with van der Waals surface area (Å²) < 4.78 is 1.01. The second-order valence-electron chi connectivity index (χ2n) is 6.09. The monoisotopic (exact) mass is 439 g/mol. The highest BCUT2D eigenvalue weighted by atomic mass is 35.5. The fourth-order valence-corrected chi connectivity index (χ4v) is 4.56. The summed E-state index contributed by atoms with van der Waals surface area (Å²) in [6.45, 7) is 1.60. The van der Waals surface area contributed by atoms with Crippen LogP contribution in [0.1, 0.15) is 24.0 Å². The average molecular weight is 441 g/mol. The van der Waals surface area contributed by atoms with Gasteiger partial charge in [-0.2, -0.15) is 0 Å². The van der Waals surface area contributed by atoms with Crippen molar-refractivity contribution in [2.45, 2.75) is 18.9 Å². The molecular weight excluding hydrogens is 425 g/mol. The van der Waals surface area contributed by atoms with Gasteiger partial charge in [-0.1, -0.05) is 34.8 Å². The Bertz CT molecular complexity index is 993. The zero-order valence-electron chi connectivity index (χ0n) is 14.2. The van der Waals surface area contributed by atoms with Crippen molar-refractivity contribution >= 4 is 68.2 Å². The van der Waals surface area contributed by atoms with Gasteiger partial charge in [0.25, 0.3) is 0 Å². The maximum absolute atomic E-state index is 12.7. The van der Waals surface area contributed by atoms with Crippen molar-refractivity contribution in [3.63, 3.8) is 0 Å². The lowest BCUT2D eigenvalue weighted by Gasteiger charge is -2.18. The van der Waals surface area contributed by atoms with Gasteiger partial charge >= 0.3 is 0 Å². The Balaban J connectivity index is 1.83. The van der Waals surface area contributed by atoms with Gasteiger partial charge in [-0.15, -0.1) is 11.3 Å². The largest absolute Gasteiger partial charge is 0.392 e. The molecule has 1 amide bonds. The number of amides is 1. The van der Waals surface area contributed by atoms with Crippen molar-refractivity contribution in [1.29, 1.82) is 0 Å². The Morgan fingerprint density at radius 2 is 1.81 bits per heavy atom. The molecule has 0 saturated carbocycles. The molecule has 2 aromatic carbocycles. The molecule has 3 nitrogen and oxygen atoms in total.